The molecular weight excluding hydrogens is 452 g/mol. The van der Waals surface area contributed by atoms with E-state index in [1.165, 1.54) is 12.0 Å². The van der Waals surface area contributed by atoms with Gasteiger partial charge in [-0.05, 0) is 47.9 Å². The van der Waals surface area contributed by atoms with Crippen molar-refractivity contribution >= 4 is 21.8 Å². The predicted octanol–water partition coefficient (Wildman–Crippen LogP) is 4.46. The van der Waals surface area contributed by atoms with Crippen LogP contribution in [-0.2, 0) is 16.9 Å². The van der Waals surface area contributed by atoms with Gasteiger partial charge in [-0.25, -0.2) is 0 Å². The van der Waals surface area contributed by atoms with Crippen molar-refractivity contribution in [3.05, 3.63) is 70.2 Å². The van der Waals surface area contributed by atoms with Crippen molar-refractivity contribution in [2.45, 2.75) is 50.3 Å². The topological polar surface area (TPSA) is 52.6 Å². The van der Waals surface area contributed by atoms with Gasteiger partial charge in [-0.3, -0.25) is 9.69 Å². The Balaban J connectivity index is 1.23. The fourth-order valence-corrected chi connectivity index (χ4v) is 6.10. The minimum atomic E-state index is -1.42. The van der Waals surface area contributed by atoms with Crippen molar-refractivity contribution in [2.24, 2.45) is 17.8 Å². The molecule has 2 N–H and O–H groups in total. The quantitative estimate of drug-likeness (QED) is 0.638. The van der Waals surface area contributed by atoms with Gasteiger partial charge in [0, 0.05) is 36.1 Å². The van der Waals surface area contributed by atoms with E-state index < -0.39 is 5.60 Å². The van der Waals surface area contributed by atoms with Gasteiger partial charge >= 0.3 is 0 Å². The number of carbonyl (C=O) groups is 1. The second-order valence-electron chi connectivity index (χ2n) is 9.61. The molecule has 2 aromatic rings. The Labute approximate surface area is 193 Å². The smallest absolute Gasteiger partial charge is 0.257 e. The molecule has 1 amide bonds. The maximum Gasteiger partial charge on any atom is 0.257 e. The summed E-state index contributed by atoms with van der Waals surface area (Å²) in [5.74, 6) is 0.817. The lowest BCUT2D eigenvalue weighted by Gasteiger charge is -2.38. The summed E-state index contributed by atoms with van der Waals surface area (Å²) >= 11 is 3.49. The Bertz CT molecular complexity index is 901. The number of nitrogens with zero attached hydrogens (tertiary/aromatic N) is 1. The summed E-state index contributed by atoms with van der Waals surface area (Å²) in [6.45, 7) is 2.98. The number of aliphatic hydroxyl groups is 1. The van der Waals surface area contributed by atoms with E-state index in [0.29, 0.717) is 11.8 Å². The zero-order chi connectivity index (χ0) is 21.4. The molecule has 3 aliphatic rings. The van der Waals surface area contributed by atoms with Gasteiger partial charge in [0.1, 0.15) is 0 Å². The number of benzene rings is 2. The van der Waals surface area contributed by atoms with E-state index in [0.717, 1.165) is 55.4 Å². The summed E-state index contributed by atoms with van der Waals surface area (Å²) in [5, 5.41) is 15.0. The Hall–Kier alpha value is -1.69. The van der Waals surface area contributed by atoms with Crippen LogP contribution in [0.4, 0.5) is 0 Å². The summed E-state index contributed by atoms with van der Waals surface area (Å²) in [5.41, 5.74) is 0.637. The number of fused-ring (bicyclic) bond motifs is 1. The maximum atomic E-state index is 13.5. The molecule has 0 radical (unpaired) electrons. The average Bonchev–Trinajstić information content (AvgIpc) is 3.24. The van der Waals surface area contributed by atoms with Crippen LogP contribution in [0.1, 0.15) is 43.2 Å². The van der Waals surface area contributed by atoms with E-state index in [9.17, 15) is 9.90 Å². The van der Waals surface area contributed by atoms with Crippen LogP contribution in [0.25, 0.3) is 0 Å². The molecule has 1 heterocycles. The van der Waals surface area contributed by atoms with Crippen LogP contribution >= 0.6 is 15.9 Å². The summed E-state index contributed by atoms with van der Waals surface area (Å²) in [6, 6.07) is 18.3. The normalized spacial score (nSPS) is 28.0. The molecule has 0 spiro atoms. The Kier molecular flexibility index (Phi) is 5.93. The highest BCUT2D eigenvalue weighted by atomic mass is 79.9. The van der Waals surface area contributed by atoms with Crippen LogP contribution in [0.3, 0.4) is 0 Å². The molecule has 164 valence electrons. The summed E-state index contributed by atoms with van der Waals surface area (Å²) in [6.07, 6.45) is 5.21. The molecule has 0 bridgehead atoms. The lowest BCUT2D eigenvalue weighted by molar-refractivity contribution is -0.149. The Morgan fingerprint density at radius 3 is 2.29 bits per heavy atom. The van der Waals surface area contributed by atoms with E-state index in [1.807, 2.05) is 30.3 Å². The highest BCUT2D eigenvalue weighted by molar-refractivity contribution is 9.10. The molecule has 3 atom stereocenters. The third-order valence-electron chi connectivity index (χ3n) is 7.64. The van der Waals surface area contributed by atoms with Gasteiger partial charge in [0.2, 0.25) is 0 Å². The van der Waals surface area contributed by atoms with Gasteiger partial charge in [-0.1, -0.05) is 77.7 Å². The van der Waals surface area contributed by atoms with Crippen molar-refractivity contribution in [1.29, 1.82) is 0 Å². The summed E-state index contributed by atoms with van der Waals surface area (Å²) in [7, 11) is 0. The molecule has 31 heavy (non-hydrogen) atoms. The zero-order valence-corrected chi connectivity index (χ0v) is 19.4. The molecule has 2 aromatic carbocycles. The first-order valence-corrected chi connectivity index (χ1v) is 12.4. The van der Waals surface area contributed by atoms with Crippen LogP contribution in [0, 0.1) is 17.8 Å². The van der Waals surface area contributed by atoms with Gasteiger partial charge < -0.3 is 10.4 Å². The van der Waals surface area contributed by atoms with E-state index in [-0.39, 0.29) is 17.9 Å². The van der Waals surface area contributed by atoms with Crippen LogP contribution in [0.2, 0.25) is 0 Å². The fraction of sp³-hybridized carbons (Fsp3) is 0.500. The highest BCUT2D eigenvalue weighted by Crippen LogP contribution is 2.47. The van der Waals surface area contributed by atoms with Crippen molar-refractivity contribution in [2.75, 3.05) is 13.1 Å². The molecule has 1 saturated heterocycles. The lowest BCUT2D eigenvalue weighted by atomic mass is 9.73. The number of carbonyl (C=O) groups excluding carboxylic acids is 1. The van der Waals surface area contributed by atoms with Crippen molar-refractivity contribution in [3.8, 4) is 0 Å². The van der Waals surface area contributed by atoms with Crippen molar-refractivity contribution in [1.82, 2.24) is 10.2 Å². The van der Waals surface area contributed by atoms with E-state index in [2.05, 4.69) is 50.4 Å². The molecule has 4 nitrogen and oxygen atoms in total. The predicted molar refractivity (Wildman–Crippen MR) is 125 cm³/mol. The summed E-state index contributed by atoms with van der Waals surface area (Å²) in [4.78, 5) is 15.9. The molecule has 5 heteroatoms. The number of rotatable bonds is 6. The fourth-order valence-electron chi connectivity index (χ4n) is 5.83. The molecular formula is C26H31BrN2O2. The number of piperidine rings is 1. The second kappa shape index (κ2) is 8.68. The number of likely N-dealkylation sites (tertiary alicyclic amines) is 1. The molecule has 2 saturated carbocycles. The molecule has 5 rings (SSSR count). The SMILES string of the molecule is O=C(NC1C2CN(Cc3ccc(Br)cc3)CC21)C(O)(c1ccccc1)C1CCCCC1. The Morgan fingerprint density at radius 1 is 1.00 bits per heavy atom. The first-order valence-electron chi connectivity index (χ1n) is 11.6. The maximum absolute atomic E-state index is 13.5. The third-order valence-corrected chi connectivity index (χ3v) is 8.17. The minimum absolute atomic E-state index is 0.00357. The Morgan fingerprint density at radius 2 is 1.65 bits per heavy atom. The third kappa shape index (κ3) is 4.20. The highest BCUT2D eigenvalue weighted by Gasteiger charge is 2.58. The number of amides is 1. The van der Waals surface area contributed by atoms with Crippen LogP contribution in [0.5, 0.6) is 0 Å². The standard InChI is InChI=1S/C26H31BrN2O2/c27-21-13-11-18(12-14-21)15-29-16-22-23(17-29)24(22)28-25(30)26(31,19-7-3-1-4-8-19)20-9-5-2-6-10-20/h1,3-4,7-8,11-14,20,22-24,31H,2,5-6,9-10,15-17H2,(H,28,30). The minimum Gasteiger partial charge on any atom is -0.375 e. The van der Waals surface area contributed by atoms with Gasteiger partial charge in [0.05, 0.1) is 0 Å². The number of hydrogen-bond acceptors (Lipinski definition) is 3. The van der Waals surface area contributed by atoms with Gasteiger partial charge in [0.15, 0.2) is 5.60 Å². The first-order chi connectivity index (χ1) is 15.1. The van der Waals surface area contributed by atoms with E-state index >= 15 is 0 Å². The number of hydrogen-bond donors (Lipinski definition) is 2. The largest absolute Gasteiger partial charge is 0.375 e. The van der Waals surface area contributed by atoms with E-state index in [1.54, 1.807) is 0 Å². The van der Waals surface area contributed by atoms with E-state index in [4.69, 9.17) is 0 Å². The number of halogens is 1. The second-order valence-corrected chi connectivity index (χ2v) is 10.5. The number of nitrogens with one attached hydrogen (secondary N) is 1. The van der Waals surface area contributed by atoms with Gasteiger partial charge in [-0.15, -0.1) is 0 Å². The molecule has 2 aliphatic carbocycles. The molecule has 1 aliphatic heterocycles. The van der Waals surface area contributed by atoms with Crippen molar-refractivity contribution in [3.63, 3.8) is 0 Å². The van der Waals surface area contributed by atoms with Crippen LogP contribution < -0.4 is 5.32 Å². The zero-order valence-electron chi connectivity index (χ0n) is 17.8. The van der Waals surface area contributed by atoms with Gasteiger partial charge in [-0.2, -0.15) is 0 Å². The monoisotopic (exact) mass is 482 g/mol. The van der Waals surface area contributed by atoms with Crippen molar-refractivity contribution < 1.29 is 9.90 Å². The first kappa shape index (κ1) is 21.2. The molecule has 0 aromatic heterocycles. The summed E-state index contributed by atoms with van der Waals surface area (Å²) < 4.78 is 1.10. The lowest BCUT2D eigenvalue weighted by Crippen LogP contribution is -2.51. The van der Waals surface area contributed by atoms with Crippen LogP contribution in [-0.4, -0.2) is 35.0 Å². The van der Waals surface area contributed by atoms with Gasteiger partial charge in [0.25, 0.3) is 5.91 Å². The molecule has 3 unspecified atom stereocenters. The van der Waals surface area contributed by atoms with Crippen LogP contribution in [0.15, 0.2) is 59.1 Å². The average molecular weight is 483 g/mol. The molecule has 3 fully saturated rings.